The van der Waals surface area contributed by atoms with Crippen molar-refractivity contribution < 1.29 is 14.2 Å². The third kappa shape index (κ3) is 2.34. The van der Waals surface area contributed by atoms with Gasteiger partial charge in [-0.1, -0.05) is 0 Å². The summed E-state index contributed by atoms with van der Waals surface area (Å²) < 4.78 is 13.9. The Labute approximate surface area is 48.9 Å². The second-order valence-corrected chi connectivity index (χ2v) is 1.08. The monoisotopic (exact) mass is 118 g/mol. The van der Waals surface area contributed by atoms with Crippen molar-refractivity contribution in [3.8, 4) is 0 Å². The van der Waals surface area contributed by atoms with Crippen LogP contribution in [0.25, 0.3) is 0 Å². The zero-order valence-corrected chi connectivity index (χ0v) is 5.30. The van der Waals surface area contributed by atoms with Gasteiger partial charge in [0.1, 0.15) is 0 Å². The first-order valence-electron chi connectivity index (χ1n) is 2.16. The molecule has 0 aromatic heterocycles. The molecule has 0 N–H and O–H groups in total. The predicted octanol–water partition coefficient (Wildman–Crippen LogP) is 0.725. The maximum atomic E-state index is 4.65. The molecule has 3 heteroatoms. The van der Waals surface area contributed by atoms with Gasteiger partial charge in [-0.15, -0.1) is 0 Å². The van der Waals surface area contributed by atoms with Crippen LogP contribution in [-0.4, -0.2) is 21.3 Å². The highest BCUT2D eigenvalue weighted by Gasteiger charge is 1.87. The van der Waals surface area contributed by atoms with Crippen LogP contribution in [0.3, 0.4) is 0 Å². The highest BCUT2D eigenvalue weighted by molar-refractivity contribution is 4.72. The molecular formula is C5H10O3. The summed E-state index contributed by atoms with van der Waals surface area (Å²) in [4.78, 5) is 0. The van der Waals surface area contributed by atoms with Gasteiger partial charge in [-0.2, -0.15) is 0 Å². The Hall–Kier alpha value is -0.860. The molecule has 3 nitrogen and oxygen atoms in total. The van der Waals surface area contributed by atoms with Crippen LogP contribution in [-0.2, 0) is 14.2 Å². The summed E-state index contributed by atoms with van der Waals surface area (Å²) in [6.45, 7) is 0. The van der Waals surface area contributed by atoms with E-state index in [1.165, 1.54) is 27.6 Å². The van der Waals surface area contributed by atoms with Crippen molar-refractivity contribution in [2.75, 3.05) is 21.3 Å². The average molecular weight is 118 g/mol. The van der Waals surface area contributed by atoms with Crippen molar-refractivity contribution in [1.82, 2.24) is 0 Å². The van der Waals surface area contributed by atoms with Gasteiger partial charge < -0.3 is 14.2 Å². The Balaban J connectivity index is 3.49. The normalized spacial score (nSPS) is 7.38. The Morgan fingerprint density at radius 1 is 1.12 bits per heavy atom. The molecule has 0 spiro atoms. The molecule has 0 aromatic rings. The van der Waals surface area contributed by atoms with Crippen LogP contribution in [0.4, 0.5) is 0 Å². The van der Waals surface area contributed by atoms with Gasteiger partial charge >= 0.3 is 5.95 Å². The minimum Gasteiger partial charge on any atom is -0.497 e. The van der Waals surface area contributed by atoms with Crippen LogP contribution < -0.4 is 0 Å². The predicted molar refractivity (Wildman–Crippen MR) is 29.1 cm³/mol. The van der Waals surface area contributed by atoms with Gasteiger partial charge in [0.25, 0.3) is 0 Å². The molecule has 0 aliphatic heterocycles. The molecular weight excluding hydrogens is 108 g/mol. The van der Waals surface area contributed by atoms with E-state index in [2.05, 4.69) is 14.2 Å². The van der Waals surface area contributed by atoms with Crippen molar-refractivity contribution in [2.24, 2.45) is 0 Å². The van der Waals surface area contributed by atoms with Crippen molar-refractivity contribution in [3.63, 3.8) is 0 Å². The lowest BCUT2D eigenvalue weighted by atomic mass is 10.9. The lowest BCUT2D eigenvalue weighted by molar-refractivity contribution is 0.0797. The molecule has 0 aromatic carbocycles. The van der Waals surface area contributed by atoms with Gasteiger partial charge in [0.2, 0.25) is 0 Å². The Bertz CT molecular complexity index is 71.7. The van der Waals surface area contributed by atoms with Gasteiger partial charge in [0, 0.05) is 0 Å². The number of hydrogen-bond acceptors (Lipinski definition) is 3. The zero-order chi connectivity index (χ0) is 6.41. The lowest BCUT2D eigenvalue weighted by Gasteiger charge is -2.00. The average Bonchev–Trinajstić information content (AvgIpc) is 1.83. The van der Waals surface area contributed by atoms with E-state index in [1.54, 1.807) is 0 Å². The number of hydrogen-bond donors (Lipinski definition) is 0. The van der Waals surface area contributed by atoms with Crippen LogP contribution in [0.2, 0.25) is 0 Å². The summed E-state index contributed by atoms with van der Waals surface area (Å²) in [6.07, 6.45) is 1.38. The smallest absolute Gasteiger partial charge is 0.314 e. The molecule has 0 radical (unpaired) electrons. The van der Waals surface area contributed by atoms with Gasteiger partial charge in [-0.3, -0.25) is 0 Å². The van der Waals surface area contributed by atoms with E-state index in [1.807, 2.05) is 0 Å². The first-order valence-corrected chi connectivity index (χ1v) is 2.16. The van der Waals surface area contributed by atoms with Gasteiger partial charge in [-0.05, 0) is 0 Å². The standard InChI is InChI=1S/C5H10O3/c1-6-4-5(7-2)8-3/h4H,1-3H3. The molecule has 0 heterocycles. The summed E-state index contributed by atoms with van der Waals surface area (Å²) >= 11 is 0. The van der Waals surface area contributed by atoms with Crippen LogP contribution >= 0.6 is 0 Å². The summed E-state index contributed by atoms with van der Waals surface area (Å²) in [5, 5.41) is 0. The molecule has 0 saturated carbocycles. The summed E-state index contributed by atoms with van der Waals surface area (Å²) in [7, 11) is 4.54. The van der Waals surface area contributed by atoms with Crippen molar-refractivity contribution >= 4 is 0 Å². The van der Waals surface area contributed by atoms with E-state index in [0.717, 1.165) is 0 Å². The molecule has 0 fully saturated rings. The van der Waals surface area contributed by atoms with Crippen molar-refractivity contribution in [1.29, 1.82) is 0 Å². The van der Waals surface area contributed by atoms with Crippen LogP contribution in [0, 0.1) is 0 Å². The minimum atomic E-state index is 0.368. The number of ether oxygens (including phenoxy) is 3. The summed E-state index contributed by atoms with van der Waals surface area (Å²) in [5.74, 6) is 0.368. The fourth-order valence-corrected chi connectivity index (χ4v) is 0.276. The van der Waals surface area contributed by atoms with Crippen LogP contribution in [0.15, 0.2) is 12.2 Å². The van der Waals surface area contributed by atoms with E-state index in [-0.39, 0.29) is 0 Å². The lowest BCUT2D eigenvalue weighted by Crippen LogP contribution is -1.89. The first-order chi connectivity index (χ1) is 3.85. The van der Waals surface area contributed by atoms with E-state index in [4.69, 9.17) is 0 Å². The molecule has 8 heavy (non-hydrogen) atoms. The Kier molecular flexibility index (Phi) is 3.84. The SMILES string of the molecule is COC=C(OC)OC. The molecule has 0 atom stereocenters. The molecule has 0 bridgehead atoms. The highest BCUT2D eigenvalue weighted by Crippen LogP contribution is 1.93. The van der Waals surface area contributed by atoms with Gasteiger partial charge in [0.05, 0.1) is 21.3 Å². The molecule has 0 amide bonds. The summed E-state index contributed by atoms with van der Waals surface area (Å²) in [5.41, 5.74) is 0. The molecule has 0 aliphatic rings. The fourth-order valence-electron chi connectivity index (χ4n) is 0.276. The van der Waals surface area contributed by atoms with Crippen LogP contribution in [0.5, 0.6) is 0 Å². The molecule has 0 aliphatic carbocycles. The number of methoxy groups -OCH3 is 3. The summed E-state index contributed by atoms with van der Waals surface area (Å²) in [6, 6.07) is 0. The molecule has 0 unspecified atom stereocenters. The third-order valence-corrected chi connectivity index (χ3v) is 0.616. The second kappa shape index (κ2) is 4.30. The van der Waals surface area contributed by atoms with E-state index < -0.39 is 0 Å². The second-order valence-electron chi connectivity index (χ2n) is 1.08. The van der Waals surface area contributed by atoms with Crippen molar-refractivity contribution in [3.05, 3.63) is 12.2 Å². The largest absolute Gasteiger partial charge is 0.497 e. The van der Waals surface area contributed by atoms with Crippen LogP contribution in [0.1, 0.15) is 0 Å². The Morgan fingerprint density at radius 2 is 1.62 bits per heavy atom. The molecule has 0 rings (SSSR count). The van der Waals surface area contributed by atoms with E-state index >= 15 is 0 Å². The van der Waals surface area contributed by atoms with E-state index in [0.29, 0.717) is 5.95 Å². The first kappa shape index (κ1) is 7.14. The van der Waals surface area contributed by atoms with Crippen molar-refractivity contribution in [2.45, 2.75) is 0 Å². The maximum absolute atomic E-state index is 4.65. The minimum absolute atomic E-state index is 0.368. The fraction of sp³-hybridized carbons (Fsp3) is 0.600. The third-order valence-electron chi connectivity index (χ3n) is 0.616. The topological polar surface area (TPSA) is 27.7 Å². The van der Waals surface area contributed by atoms with E-state index in [9.17, 15) is 0 Å². The highest BCUT2D eigenvalue weighted by atomic mass is 16.7. The molecule has 48 valence electrons. The molecule has 0 saturated heterocycles. The van der Waals surface area contributed by atoms with Gasteiger partial charge in [-0.25, -0.2) is 0 Å². The Morgan fingerprint density at radius 3 is 1.75 bits per heavy atom. The maximum Gasteiger partial charge on any atom is 0.314 e. The quantitative estimate of drug-likeness (QED) is 0.511. The number of rotatable bonds is 3. The zero-order valence-electron chi connectivity index (χ0n) is 5.30. The van der Waals surface area contributed by atoms with Gasteiger partial charge in [0.15, 0.2) is 6.26 Å².